The monoisotopic (exact) mass is 1170 g/mol. The molecule has 0 spiro atoms. The Morgan fingerprint density at radius 3 is 1.91 bits per heavy atom. The number of carbonyl (C=O) groups excluding carboxylic acids is 3. The van der Waals surface area contributed by atoms with Crippen molar-refractivity contribution in [2.75, 3.05) is 19.8 Å². The van der Waals surface area contributed by atoms with E-state index < -0.39 is 181 Å². The highest BCUT2D eigenvalue weighted by Gasteiger charge is 2.71. The Morgan fingerprint density at radius 1 is 0.622 bits per heavy atom. The molecular formula is C57H88O25. The normalized spacial score (nSPS) is 50.9. The first kappa shape index (κ1) is 63.4. The van der Waals surface area contributed by atoms with E-state index in [0.717, 1.165) is 24.8 Å². The number of allylic oxidation sites excluding steroid dienone is 2. The molecule has 0 radical (unpaired) electrons. The number of aliphatic hydroxyl groups excluding tert-OH is 10. The van der Waals surface area contributed by atoms with Crippen LogP contribution in [-0.4, -0.2) is 223 Å². The third-order valence-electron chi connectivity index (χ3n) is 21.8. The van der Waals surface area contributed by atoms with Crippen LogP contribution in [0.25, 0.3) is 0 Å². The topological polar surface area (TPSA) is 383 Å². The van der Waals surface area contributed by atoms with Gasteiger partial charge in [-0.1, -0.05) is 46.3 Å². The van der Waals surface area contributed by atoms with Crippen LogP contribution in [0, 0.1) is 50.2 Å². The van der Waals surface area contributed by atoms with Crippen LogP contribution in [0.4, 0.5) is 0 Å². The van der Waals surface area contributed by atoms with Crippen molar-refractivity contribution in [1.29, 1.82) is 0 Å². The van der Waals surface area contributed by atoms with E-state index in [2.05, 4.69) is 40.7 Å². The van der Waals surface area contributed by atoms with Crippen molar-refractivity contribution in [3.63, 3.8) is 0 Å². The summed E-state index contributed by atoms with van der Waals surface area (Å²) in [6.45, 7) is 15.1. The minimum absolute atomic E-state index is 0.111. The van der Waals surface area contributed by atoms with Crippen LogP contribution in [0.15, 0.2) is 11.6 Å². The largest absolute Gasteiger partial charge is 0.481 e. The van der Waals surface area contributed by atoms with Crippen LogP contribution < -0.4 is 0 Å². The van der Waals surface area contributed by atoms with Gasteiger partial charge >= 0.3 is 23.9 Å². The molecule has 28 atom stereocenters. The molecule has 82 heavy (non-hydrogen) atoms. The molecule has 0 aromatic heterocycles. The van der Waals surface area contributed by atoms with Gasteiger partial charge in [-0.2, -0.15) is 0 Å². The van der Waals surface area contributed by atoms with Gasteiger partial charge in [0.05, 0.1) is 42.9 Å². The van der Waals surface area contributed by atoms with Crippen molar-refractivity contribution in [2.45, 2.75) is 249 Å². The second kappa shape index (κ2) is 23.2. The molecule has 0 amide bonds. The van der Waals surface area contributed by atoms with Crippen molar-refractivity contribution in [3.05, 3.63) is 11.6 Å². The summed E-state index contributed by atoms with van der Waals surface area (Å²) in [5.74, 6) is -3.41. The van der Waals surface area contributed by atoms with Gasteiger partial charge in [0.1, 0.15) is 73.2 Å². The van der Waals surface area contributed by atoms with Crippen LogP contribution in [0.2, 0.25) is 0 Å². The molecule has 25 nitrogen and oxygen atoms in total. The maximum Gasteiger partial charge on any atom is 0.315 e. The molecule has 5 aliphatic carbocycles. The first-order chi connectivity index (χ1) is 38.3. The number of ether oxygens (including phenoxy) is 10. The molecule has 4 heterocycles. The van der Waals surface area contributed by atoms with Gasteiger partial charge in [0.15, 0.2) is 31.1 Å². The molecular weight excluding hydrogens is 1080 g/mol. The van der Waals surface area contributed by atoms with E-state index in [1.807, 2.05) is 0 Å². The number of esters is 3. The van der Waals surface area contributed by atoms with E-state index in [1.165, 1.54) is 20.8 Å². The Labute approximate surface area is 476 Å². The second-order valence-electron chi connectivity index (χ2n) is 26.7. The van der Waals surface area contributed by atoms with Crippen molar-refractivity contribution in [3.8, 4) is 0 Å². The number of aliphatic carboxylic acids is 1. The van der Waals surface area contributed by atoms with Gasteiger partial charge in [0.2, 0.25) is 6.29 Å². The van der Waals surface area contributed by atoms with Gasteiger partial charge in [-0.25, -0.2) is 0 Å². The average Bonchev–Trinajstić information content (AvgIpc) is 3.19. The van der Waals surface area contributed by atoms with Gasteiger partial charge in [-0.15, -0.1) is 0 Å². The van der Waals surface area contributed by atoms with Crippen LogP contribution in [0.1, 0.15) is 127 Å². The average molecular weight is 1170 g/mol. The van der Waals surface area contributed by atoms with Crippen molar-refractivity contribution < 1.29 is 123 Å². The highest BCUT2D eigenvalue weighted by molar-refractivity contribution is 5.81. The molecule has 0 bridgehead atoms. The lowest BCUT2D eigenvalue weighted by Crippen LogP contribution is -2.66. The Morgan fingerprint density at radius 2 is 1.26 bits per heavy atom. The standard InChI is InChI=1S/C57H88O25/c1-24-35(61)38(64)41(67)47(75-24)81-44-29(21-58)78-46(43(69)40(44)66)73-22-30-36(62)39(65)42(68)48(79-30)82-51(72)57-18-16-53(6,50(70)71)20-28(57)27-10-11-33-54(7)14-13-34(52(4,5)32(54)12-15-56(33,9)55(27,8)17-19-57)80-49-45(77-26(3)60)37(63)31(23-74-49)76-25(2)59/h10,24,28-49,58,61-69H,11-23H2,1-9H3,(H,70,71)/t24-,28-,29-,30-,31-,32+,33-,34+,35-,36-,37+,38+,39+,40-,41-,42-,43-,44-,45-,46-,47+,48+,49+,53+,54+,55-,56+,57-/m0/s1. The zero-order chi connectivity index (χ0) is 60.1. The number of aliphatic hydroxyl groups is 10. The lowest BCUT2D eigenvalue weighted by Gasteiger charge is -2.71. The Balaban J connectivity index is 0.909. The lowest BCUT2D eigenvalue weighted by molar-refractivity contribution is -0.361. The Kier molecular flexibility index (Phi) is 18.0. The molecule has 0 aromatic carbocycles. The number of carbonyl (C=O) groups is 4. The van der Waals surface area contributed by atoms with Crippen LogP contribution >= 0.6 is 0 Å². The first-order valence-electron chi connectivity index (χ1n) is 29.0. The molecule has 9 rings (SSSR count). The lowest BCUT2D eigenvalue weighted by atomic mass is 9.33. The summed E-state index contributed by atoms with van der Waals surface area (Å²) in [4.78, 5) is 52.4. The maximum atomic E-state index is 15.2. The zero-order valence-electron chi connectivity index (χ0n) is 48.2. The Hall–Kier alpha value is -3.06. The molecule has 25 heteroatoms. The summed E-state index contributed by atoms with van der Waals surface area (Å²) < 4.78 is 58.3. The summed E-state index contributed by atoms with van der Waals surface area (Å²) in [6.07, 6.45) is -23.5. The van der Waals surface area contributed by atoms with E-state index >= 15 is 4.79 Å². The number of carboxylic acids is 1. The third-order valence-corrected chi connectivity index (χ3v) is 21.8. The van der Waals surface area contributed by atoms with Gasteiger partial charge in [0, 0.05) is 13.8 Å². The molecule has 4 saturated carbocycles. The van der Waals surface area contributed by atoms with Crippen LogP contribution in [-0.2, 0) is 66.5 Å². The van der Waals surface area contributed by atoms with Crippen LogP contribution in [0.3, 0.4) is 0 Å². The smallest absolute Gasteiger partial charge is 0.315 e. The van der Waals surface area contributed by atoms with E-state index in [1.54, 1.807) is 6.92 Å². The Bertz CT molecular complexity index is 2390. The summed E-state index contributed by atoms with van der Waals surface area (Å²) >= 11 is 0. The maximum absolute atomic E-state index is 15.2. The molecule has 9 aliphatic rings. The number of rotatable bonds is 13. The van der Waals surface area contributed by atoms with E-state index in [4.69, 9.17) is 47.4 Å². The quantitative estimate of drug-likeness (QED) is 0.0494. The fourth-order valence-corrected chi connectivity index (χ4v) is 16.7. The fourth-order valence-electron chi connectivity index (χ4n) is 16.7. The highest BCUT2D eigenvalue weighted by atomic mass is 16.8. The van der Waals surface area contributed by atoms with Crippen LogP contribution in [0.5, 0.6) is 0 Å². The minimum atomic E-state index is -1.97. The third kappa shape index (κ3) is 10.7. The predicted molar refractivity (Wildman–Crippen MR) is 276 cm³/mol. The van der Waals surface area contributed by atoms with E-state index in [9.17, 15) is 70.6 Å². The van der Waals surface area contributed by atoms with Gasteiger partial charge in [-0.3, -0.25) is 19.2 Å². The number of hydrogen-bond acceptors (Lipinski definition) is 24. The van der Waals surface area contributed by atoms with Crippen molar-refractivity contribution in [2.24, 2.45) is 50.2 Å². The molecule has 11 N–H and O–H groups in total. The van der Waals surface area contributed by atoms with E-state index in [-0.39, 0.29) is 54.6 Å². The van der Waals surface area contributed by atoms with Crippen molar-refractivity contribution >= 4 is 23.9 Å². The summed E-state index contributed by atoms with van der Waals surface area (Å²) in [7, 11) is 0. The fraction of sp³-hybridized carbons (Fsp3) is 0.895. The van der Waals surface area contributed by atoms with E-state index in [0.29, 0.717) is 25.7 Å². The first-order valence-corrected chi connectivity index (χ1v) is 29.0. The molecule has 4 aliphatic heterocycles. The summed E-state index contributed by atoms with van der Waals surface area (Å²) in [6, 6.07) is 0. The minimum Gasteiger partial charge on any atom is -0.481 e. The number of hydrogen-bond donors (Lipinski definition) is 11. The summed E-state index contributed by atoms with van der Waals surface area (Å²) in [5.41, 5.74) is -3.07. The predicted octanol–water partition coefficient (Wildman–Crippen LogP) is -0.162. The number of fused-ring (bicyclic) bond motifs is 7. The zero-order valence-corrected chi connectivity index (χ0v) is 48.2. The number of carboxylic acid groups (broad SMARTS) is 1. The second-order valence-corrected chi connectivity index (χ2v) is 26.7. The van der Waals surface area contributed by atoms with Gasteiger partial charge in [-0.05, 0) is 117 Å². The molecule has 0 unspecified atom stereocenters. The SMILES string of the molecule is CC(=O)O[C@@H]1[C@@H](O[C@@H]2CC[C@]3(C)[C@H](CC[C@]4(C)[C@H]3CC=C3[C@@H]5C[C@](C)(C(=O)O)CC[C@]5(C(=O)O[C@H]5O[C@@H](CO[C@H]6O[C@@H](CO)[C@H](O[C@H]7O[C@@H](C)[C@H](O)[C@@H](O)[C@@H]7O)[C@@H](O)[C@@H]6O)[C@H](O)[C@@H](O)[C@@H]5O)CC[C@@]34C)C2(C)C)OC[C@H](OC(C)=O)[C@H]1O. The molecule has 4 saturated heterocycles. The molecule has 466 valence electrons. The van der Waals surface area contributed by atoms with Gasteiger partial charge < -0.3 is 104 Å². The van der Waals surface area contributed by atoms with Gasteiger partial charge in [0.25, 0.3) is 0 Å². The molecule has 8 fully saturated rings. The molecule has 0 aromatic rings. The highest BCUT2D eigenvalue weighted by Crippen LogP contribution is 2.76. The summed E-state index contributed by atoms with van der Waals surface area (Å²) in [5, 5.41) is 119. The van der Waals surface area contributed by atoms with Crippen molar-refractivity contribution in [1.82, 2.24) is 0 Å².